The predicted molar refractivity (Wildman–Crippen MR) is 110 cm³/mol. The Hall–Kier alpha value is -3.26. The van der Waals surface area contributed by atoms with Gasteiger partial charge < -0.3 is 21.8 Å². The Labute approximate surface area is 163 Å². The largest absolute Gasteiger partial charge is 0.387 e. The molecule has 0 radical (unpaired) electrons. The molecule has 0 amide bonds. The molecule has 0 saturated carbocycles. The molecule has 1 aliphatic heterocycles. The molecule has 8 heteroatoms. The van der Waals surface area contributed by atoms with Crippen molar-refractivity contribution in [2.24, 2.45) is 0 Å². The molecule has 0 aliphatic carbocycles. The first kappa shape index (κ1) is 18.1. The lowest BCUT2D eigenvalue weighted by atomic mass is 9.93. The number of anilines is 1. The highest BCUT2D eigenvalue weighted by Gasteiger charge is 2.17. The fraction of sp³-hybridized carbons (Fsp3) is 0.300. The number of nitrogens with zero attached hydrogens (tertiary/aromatic N) is 3. The van der Waals surface area contributed by atoms with E-state index >= 15 is 0 Å². The monoisotopic (exact) mass is 376 g/mol. The minimum atomic E-state index is -0.0718. The van der Waals surface area contributed by atoms with Crippen LogP contribution < -0.4 is 16.4 Å². The summed E-state index contributed by atoms with van der Waals surface area (Å²) in [6.45, 7) is 4.71. The molecule has 8 nitrogen and oxygen atoms in total. The smallest absolute Gasteiger partial charge is 0.178 e. The summed E-state index contributed by atoms with van der Waals surface area (Å²) < 4.78 is 0. The first-order chi connectivity index (χ1) is 13.7. The fourth-order valence-corrected chi connectivity index (χ4v) is 3.61. The van der Waals surface area contributed by atoms with E-state index in [1.165, 1.54) is 22.9 Å². The molecular formula is C20H24N8. The quantitative estimate of drug-likeness (QED) is 0.419. The molecule has 1 atom stereocenters. The zero-order chi connectivity index (χ0) is 19.5. The minimum Gasteiger partial charge on any atom is -0.387 e. The Morgan fingerprint density at radius 3 is 3.11 bits per heavy atom. The van der Waals surface area contributed by atoms with E-state index in [4.69, 9.17) is 11.1 Å². The second kappa shape index (κ2) is 7.77. The lowest BCUT2D eigenvalue weighted by Crippen LogP contribution is -2.23. The highest BCUT2D eigenvalue weighted by molar-refractivity contribution is 5.83. The number of hydrogen-bond donors (Lipinski definition) is 5. The molecule has 0 fully saturated rings. The van der Waals surface area contributed by atoms with E-state index in [9.17, 15) is 0 Å². The molecule has 0 bridgehead atoms. The average molecular weight is 376 g/mol. The number of nitrogens with two attached hydrogens (primary N) is 1. The van der Waals surface area contributed by atoms with Gasteiger partial charge >= 0.3 is 0 Å². The van der Waals surface area contributed by atoms with Crippen LogP contribution in [-0.4, -0.2) is 33.2 Å². The van der Waals surface area contributed by atoms with Crippen LogP contribution in [0.4, 0.5) is 5.82 Å². The van der Waals surface area contributed by atoms with Gasteiger partial charge in [0.25, 0.3) is 0 Å². The molecule has 0 spiro atoms. The van der Waals surface area contributed by atoms with Crippen molar-refractivity contribution in [2.45, 2.75) is 32.4 Å². The van der Waals surface area contributed by atoms with Crippen molar-refractivity contribution in [1.82, 2.24) is 31.0 Å². The Morgan fingerprint density at radius 1 is 1.36 bits per heavy atom. The van der Waals surface area contributed by atoms with Crippen LogP contribution in [0.1, 0.15) is 35.1 Å². The number of fused-ring (bicyclic) bond motifs is 2. The SMILES string of the molecule is CC(/C(C=N)=C/NCc1ccc2c(c1)CCNC2)c1cc(N)nc2[nH]nnc12. The van der Waals surface area contributed by atoms with Crippen molar-refractivity contribution < 1.29 is 0 Å². The second-order valence-corrected chi connectivity index (χ2v) is 7.07. The normalized spacial score (nSPS) is 15.2. The molecule has 1 aromatic carbocycles. The van der Waals surface area contributed by atoms with Crippen molar-refractivity contribution in [3.8, 4) is 0 Å². The summed E-state index contributed by atoms with van der Waals surface area (Å²) >= 11 is 0. The summed E-state index contributed by atoms with van der Waals surface area (Å²) in [6, 6.07) is 8.42. The van der Waals surface area contributed by atoms with Crippen LogP contribution >= 0.6 is 0 Å². The molecule has 2 aromatic heterocycles. The Balaban J connectivity index is 1.51. The van der Waals surface area contributed by atoms with Crippen LogP contribution in [0.25, 0.3) is 11.2 Å². The number of nitrogens with one attached hydrogen (secondary N) is 4. The van der Waals surface area contributed by atoms with Crippen molar-refractivity contribution in [3.05, 3.63) is 58.3 Å². The third kappa shape index (κ3) is 3.59. The van der Waals surface area contributed by atoms with Crippen LogP contribution in [0.2, 0.25) is 0 Å². The molecule has 28 heavy (non-hydrogen) atoms. The van der Waals surface area contributed by atoms with Crippen LogP contribution in [-0.2, 0) is 19.5 Å². The van der Waals surface area contributed by atoms with Crippen molar-refractivity contribution in [2.75, 3.05) is 12.3 Å². The Morgan fingerprint density at radius 2 is 2.25 bits per heavy atom. The third-order valence-corrected chi connectivity index (χ3v) is 5.21. The van der Waals surface area contributed by atoms with Crippen molar-refractivity contribution in [3.63, 3.8) is 0 Å². The summed E-state index contributed by atoms with van der Waals surface area (Å²) in [7, 11) is 0. The van der Waals surface area contributed by atoms with Gasteiger partial charge in [-0.1, -0.05) is 30.3 Å². The van der Waals surface area contributed by atoms with Crippen LogP contribution in [0.15, 0.2) is 36.0 Å². The lowest BCUT2D eigenvalue weighted by Gasteiger charge is -2.18. The zero-order valence-electron chi connectivity index (χ0n) is 15.8. The number of rotatable bonds is 6. The number of aromatic amines is 1. The molecule has 6 N–H and O–H groups in total. The molecule has 1 aliphatic rings. The maximum absolute atomic E-state index is 7.84. The van der Waals surface area contributed by atoms with Gasteiger partial charge in [0.05, 0.1) is 0 Å². The summed E-state index contributed by atoms with van der Waals surface area (Å²) in [6.07, 6.45) is 4.32. The fourth-order valence-electron chi connectivity index (χ4n) is 3.61. The van der Waals surface area contributed by atoms with Gasteiger partial charge in [-0.05, 0) is 46.9 Å². The standard InChI is InChI=1S/C20H24N8/c1-12(17-7-18(22)25-20-19(17)26-28-27-20)16(8-21)11-24-9-13-2-3-15-10-23-5-4-14(15)6-13/h2-3,6-8,11-12,21,23-24H,4-5,9-10H2,1H3,(H3,22,25,26,27,28)/b16-11+,21-8?. The first-order valence-electron chi connectivity index (χ1n) is 9.38. The number of allylic oxidation sites excluding steroid dienone is 1. The lowest BCUT2D eigenvalue weighted by molar-refractivity contribution is 0.642. The maximum atomic E-state index is 7.84. The summed E-state index contributed by atoms with van der Waals surface area (Å²) in [4.78, 5) is 4.20. The van der Waals surface area contributed by atoms with Crippen molar-refractivity contribution in [1.29, 1.82) is 5.41 Å². The van der Waals surface area contributed by atoms with Gasteiger partial charge in [0.15, 0.2) is 5.65 Å². The van der Waals surface area contributed by atoms with E-state index in [0.717, 1.165) is 30.6 Å². The van der Waals surface area contributed by atoms with Crippen LogP contribution in [0.3, 0.4) is 0 Å². The molecule has 0 saturated heterocycles. The molecule has 1 unspecified atom stereocenters. The number of hydrogen-bond acceptors (Lipinski definition) is 7. The summed E-state index contributed by atoms with van der Waals surface area (Å²) in [5.41, 5.74) is 12.9. The Kier molecular flexibility index (Phi) is 5.03. The summed E-state index contributed by atoms with van der Waals surface area (Å²) in [5.74, 6) is 0.332. The van der Waals surface area contributed by atoms with E-state index in [1.54, 1.807) is 6.07 Å². The first-order valence-corrected chi connectivity index (χ1v) is 9.38. The number of aromatic nitrogens is 4. The summed E-state index contributed by atoms with van der Waals surface area (Å²) in [5, 5.41) is 25.3. The van der Waals surface area contributed by atoms with Gasteiger partial charge in [-0.25, -0.2) is 10.1 Å². The number of pyridine rings is 1. The van der Waals surface area contributed by atoms with Gasteiger partial charge in [0, 0.05) is 31.4 Å². The predicted octanol–water partition coefficient (Wildman–Crippen LogP) is 2.01. The van der Waals surface area contributed by atoms with E-state index in [0.29, 0.717) is 23.5 Å². The van der Waals surface area contributed by atoms with Gasteiger partial charge in [-0.3, -0.25) is 0 Å². The second-order valence-electron chi connectivity index (χ2n) is 7.07. The van der Waals surface area contributed by atoms with E-state index in [1.807, 2.05) is 13.1 Å². The topological polar surface area (TPSA) is 128 Å². The van der Waals surface area contributed by atoms with Gasteiger partial charge in [-0.2, -0.15) is 0 Å². The highest BCUT2D eigenvalue weighted by Crippen LogP contribution is 2.28. The molecule has 4 rings (SSSR count). The number of H-pyrrole nitrogens is 1. The van der Waals surface area contributed by atoms with Crippen molar-refractivity contribution >= 4 is 23.2 Å². The van der Waals surface area contributed by atoms with Gasteiger partial charge in [-0.15, -0.1) is 5.10 Å². The van der Waals surface area contributed by atoms with Gasteiger partial charge in [0.1, 0.15) is 11.3 Å². The molecular weight excluding hydrogens is 352 g/mol. The highest BCUT2D eigenvalue weighted by atomic mass is 15.3. The van der Waals surface area contributed by atoms with E-state index in [2.05, 4.69) is 49.2 Å². The molecule has 3 aromatic rings. The molecule has 3 heterocycles. The molecule has 144 valence electrons. The van der Waals surface area contributed by atoms with E-state index in [-0.39, 0.29) is 5.92 Å². The van der Waals surface area contributed by atoms with E-state index < -0.39 is 0 Å². The zero-order valence-corrected chi connectivity index (χ0v) is 15.8. The number of benzene rings is 1. The average Bonchev–Trinajstić information content (AvgIpc) is 3.18. The van der Waals surface area contributed by atoms with Crippen LogP contribution in [0.5, 0.6) is 0 Å². The maximum Gasteiger partial charge on any atom is 0.178 e. The number of nitrogen functional groups attached to an aromatic ring is 1. The third-order valence-electron chi connectivity index (χ3n) is 5.21. The van der Waals surface area contributed by atoms with Crippen LogP contribution in [0, 0.1) is 5.41 Å². The minimum absolute atomic E-state index is 0.0718. The van der Waals surface area contributed by atoms with Gasteiger partial charge in [0.2, 0.25) is 0 Å². The Bertz CT molecular complexity index is 1040.